The molecule has 2 unspecified atom stereocenters. The smallest absolute Gasteiger partial charge is 0.399 e. The number of ether oxygens (including phenoxy) is 1. The Hall–Kier alpha value is -1.64. The van der Waals surface area contributed by atoms with Gasteiger partial charge < -0.3 is 4.74 Å². The molecule has 0 spiro atoms. The fraction of sp³-hybridized carbons (Fsp3) is 0.400. The lowest BCUT2D eigenvalue weighted by Gasteiger charge is -2.42. The zero-order chi connectivity index (χ0) is 18.4. The number of hydrogen-bond donors (Lipinski definition) is 0. The summed E-state index contributed by atoms with van der Waals surface area (Å²) in [6, 6.07) is 6.44. The zero-order valence-corrected chi connectivity index (χ0v) is 13.4. The van der Waals surface area contributed by atoms with Gasteiger partial charge in [0, 0.05) is 23.0 Å². The van der Waals surface area contributed by atoms with Crippen molar-refractivity contribution in [3.63, 3.8) is 0 Å². The number of alkyl halides is 6. The van der Waals surface area contributed by atoms with Crippen LogP contribution in [0.15, 0.2) is 42.5 Å². The second-order valence-electron chi connectivity index (χ2n) is 5.34. The van der Waals surface area contributed by atoms with Crippen molar-refractivity contribution >= 4 is 16.9 Å². The predicted molar refractivity (Wildman–Crippen MR) is 77.8 cm³/mol. The lowest BCUT2D eigenvalue weighted by molar-refractivity contribution is -0.335. The second-order valence-corrected chi connectivity index (χ2v) is 7.57. The second kappa shape index (κ2) is 5.72. The molecule has 0 heterocycles. The Morgan fingerprint density at radius 1 is 0.917 bits per heavy atom. The Labute approximate surface area is 136 Å². The minimum absolute atomic E-state index is 0.00575. The minimum atomic E-state index is -5.59. The predicted octanol–water partition coefficient (Wildman–Crippen LogP) is 3.89. The maximum atomic E-state index is 14.5. The number of carbonyl (C=O) groups excluding carboxylic acids is 1. The standard InChI is InChI=1S/C15H13F6O2S/c1-24(2)13(17)9-8-12(16,14(18,19)15(13,20)21)23-11(22)10-6-4-3-5-7-10/h3-9H,1-2H3/q+1. The Balaban J connectivity index is 2.45. The van der Waals surface area contributed by atoms with Gasteiger partial charge in [0.2, 0.25) is 0 Å². The van der Waals surface area contributed by atoms with Gasteiger partial charge in [0.15, 0.2) is 0 Å². The van der Waals surface area contributed by atoms with E-state index in [0.717, 1.165) is 24.6 Å². The van der Waals surface area contributed by atoms with Crippen molar-refractivity contribution in [2.45, 2.75) is 22.7 Å². The molecule has 1 aromatic rings. The Bertz CT molecular complexity index is 663. The molecule has 0 fully saturated rings. The molecule has 132 valence electrons. The molecule has 1 aromatic carbocycles. The van der Waals surface area contributed by atoms with Gasteiger partial charge in [-0.2, -0.15) is 26.3 Å². The first-order valence-electron chi connectivity index (χ1n) is 6.59. The highest BCUT2D eigenvalue weighted by Gasteiger charge is 2.85. The molecule has 9 heteroatoms. The van der Waals surface area contributed by atoms with Crippen molar-refractivity contribution in [1.82, 2.24) is 0 Å². The first-order chi connectivity index (χ1) is 10.9. The van der Waals surface area contributed by atoms with Crippen LogP contribution in [0.2, 0.25) is 0 Å². The molecule has 2 rings (SSSR count). The highest BCUT2D eigenvalue weighted by atomic mass is 32.2. The van der Waals surface area contributed by atoms with Crippen LogP contribution in [0.25, 0.3) is 0 Å². The van der Waals surface area contributed by atoms with Crippen molar-refractivity contribution in [2.24, 2.45) is 0 Å². The highest BCUT2D eigenvalue weighted by molar-refractivity contribution is 7.96. The molecule has 2 nitrogen and oxygen atoms in total. The first kappa shape index (κ1) is 18.7. The summed E-state index contributed by atoms with van der Waals surface area (Å²) in [6.45, 7) is 0. The number of rotatable bonds is 3. The lowest BCUT2D eigenvalue weighted by Crippen LogP contribution is -2.69. The van der Waals surface area contributed by atoms with Crippen molar-refractivity contribution < 1.29 is 35.9 Å². The summed E-state index contributed by atoms with van der Waals surface area (Å²) in [7, 11) is -1.86. The van der Waals surface area contributed by atoms with Crippen LogP contribution in [-0.2, 0) is 15.6 Å². The summed E-state index contributed by atoms with van der Waals surface area (Å²) in [5, 5.41) is -3.76. The Morgan fingerprint density at radius 3 is 1.96 bits per heavy atom. The van der Waals surface area contributed by atoms with Crippen molar-refractivity contribution in [1.29, 1.82) is 0 Å². The number of hydrogen-bond acceptors (Lipinski definition) is 2. The van der Waals surface area contributed by atoms with Crippen molar-refractivity contribution in [2.75, 3.05) is 12.5 Å². The first-order valence-corrected chi connectivity index (χ1v) is 8.63. The zero-order valence-electron chi connectivity index (χ0n) is 12.5. The van der Waals surface area contributed by atoms with Gasteiger partial charge >= 0.3 is 28.7 Å². The average molecular weight is 371 g/mol. The molecule has 0 N–H and O–H groups in total. The van der Waals surface area contributed by atoms with E-state index in [0.29, 0.717) is 0 Å². The summed E-state index contributed by atoms with van der Waals surface area (Å²) in [4.78, 5) is 11.7. The fourth-order valence-electron chi connectivity index (χ4n) is 2.11. The van der Waals surface area contributed by atoms with Gasteiger partial charge in [0.05, 0.1) is 5.56 Å². The molecule has 24 heavy (non-hydrogen) atoms. The summed E-state index contributed by atoms with van der Waals surface area (Å²) in [6.07, 6.45) is 1.81. The minimum Gasteiger partial charge on any atom is -0.414 e. The van der Waals surface area contributed by atoms with Crippen LogP contribution in [0.5, 0.6) is 0 Å². The third-order valence-corrected chi connectivity index (χ3v) is 5.19. The molecule has 0 saturated heterocycles. The van der Waals surface area contributed by atoms with Crippen LogP contribution in [0.3, 0.4) is 0 Å². The van der Waals surface area contributed by atoms with Crippen molar-refractivity contribution in [3.8, 4) is 0 Å². The SMILES string of the molecule is C[S+](C)C1(F)C=CC(F)(OC(=O)c2ccccc2)C(F)(F)C1(F)F. The van der Waals surface area contributed by atoms with E-state index in [1.165, 1.54) is 18.2 Å². The van der Waals surface area contributed by atoms with E-state index in [-0.39, 0.29) is 17.7 Å². The molecule has 0 radical (unpaired) electrons. The normalized spacial score (nSPS) is 31.0. The summed E-state index contributed by atoms with van der Waals surface area (Å²) < 4.78 is 89.0. The molecule has 0 amide bonds. The molecule has 1 aliphatic rings. The summed E-state index contributed by atoms with van der Waals surface area (Å²) >= 11 is 0. The monoisotopic (exact) mass is 371 g/mol. The van der Waals surface area contributed by atoms with E-state index in [1.54, 1.807) is 0 Å². The largest absolute Gasteiger partial charge is 0.414 e. The average Bonchev–Trinajstić information content (AvgIpc) is 2.51. The van der Waals surface area contributed by atoms with Gasteiger partial charge in [-0.15, -0.1) is 0 Å². The van der Waals surface area contributed by atoms with Crippen LogP contribution in [-0.4, -0.2) is 41.2 Å². The molecular weight excluding hydrogens is 358 g/mol. The quantitative estimate of drug-likeness (QED) is 0.349. The number of benzene rings is 1. The number of carbonyl (C=O) groups is 1. The summed E-state index contributed by atoms with van der Waals surface area (Å²) in [5.41, 5.74) is -0.315. The Morgan fingerprint density at radius 2 is 1.46 bits per heavy atom. The van der Waals surface area contributed by atoms with E-state index >= 15 is 0 Å². The molecule has 0 saturated carbocycles. The maximum absolute atomic E-state index is 14.5. The third-order valence-electron chi connectivity index (χ3n) is 3.61. The lowest BCUT2D eigenvalue weighted by atomic mass is 9.92. The van der Waals surface area contributed by atoms with Crippen LogP contribution >= 0.6 is 0 Å². The number of esters is 1. The van der Waals surface area contributed by atoms with Gasteiger partial charge in [0.1, 0.15) is 12.5 Å². The van der Waals surface area contributed by atoms with Gasteiger partial charge in [-0.1, -0.05) is 18.2 Å². The van der Waals surface area contributed by atoms with Gasteiger partial charge in [-0.05, 0) is 12.1 Å². The van der Waals surface area contributed by atoms with Gasteiger partial charge in [-0.3, -0.25) is 0 Å². The fourth-order valence-corrected chi connectivity index (χ4v) is 3.09. The highest BCUT2D eigenvalue weighted by Crippen LogP contribution is 2.57. The van der Waals surface area contributed by atoms with Crippen LogP contribution in [0, 0.1) is 0 Å². The maximum Gasteiger partial charge on any atom is 0.399 e. The molecule has 0 aromatic heterocycles. The molecule has 2 atom stereocenters. The Kier molecular flexibility index (Phi) is 4.45. The molecule has 0 bridgehead atoms. The third kappa shape index (κ3) is 2.49. The van der Waals surface area contributed by atoms with Gasteiger partial charge in [0.25, 0.3) is 0 Å². The van der Waals surface area contributed by atoms with Crippen LogP contribution in [0.4, 0.5) is 26.3 Å². The molecule has 0 aliphatic heterocycles. The summed E-state index contributed by atoms with van der Waals surface area (Å²) in [5.74, 6) is -17.0. The van der Waals surface area contributed by atoms with E-state index in [9.17, 15) is 31.1 Å². The topological polar surface area (TPSA) is 26.3 Å². The van der Waals surface area contributed by atoms with Crippen LogP contribution < -0.4 is 0 Å². The number of halogens is 6. The van der Waals surface area contributed by atoms with E-state index in [2.05, 4.69) is 4.74 Å². The van der Waals surface area contributed by atoms with Crippen LogP contribution in [0.1, 0.15) is 10.4 Å². The van der Waals surface area contributed by atoms with E-state index < -0.39 is 39.6 Å². The molecule has 1 aliphatic carbocycles. The van der Waals surface area contributed by atoms with Gasteiger partial charge in [-0.25, -0.2) is 4.79 Å². The van der Waals surface area contributed by atoms with E-state index in [1.807, 2.05) is 0 Å². The van der Waals surface area contributed by atoms with Crippen molar-refractivity contribution in [3.05, 3.63) is 48.0 Å². The molecular formula is C15H13F6O2S+. The van der Waals surface area contributed by atoms with E-state index in [4.69, 9.17) is 0 Å².